The van der Waals surface area contributed by atoms with Gasteiger partial charge in [0.05, 0.1) is 4.47 Å². The van der Waals surface area contributed by atoms with Crippen LogP contribution < -0.4 is 9.61 Å². The topological polar surface area (TPSA) is 44.1 Å². The molecule has 0 aliphatic heterocycles. The van der Waals surface area contributed by atoms with Crippen molar-refractivity contribution in [1.29, 1.82) is 0 Å². The summed E-state index contributed by atoms with van der Waals surface area (Å²) in [5.74, 6) is 2.51. The van der Waals surface area contributed by atoms with Crippen LogP contribution in [0.1, 0.15) is 23.8 Å². The summed E-state index contributed by atoms with van der Waals surface area (Å²) in [6, 6.07) is 2.67. The zero-order chi connectivity index (χ0) is 15.0. The van der Waals surface area contributed by atoms with Gasteiger partial charge in [0.15, 0.2) is 0 Å². The van der Waals surface area contributed by atoms with Gasteiger partial charge in [0.2, 0.25) is 0 Å². The van der Waals surface area contributed by atoms with E-state index in [4.69, 9.17) is 11.2 Å². The molecule has 108 valence electrons. The molecule has 0 bridgehead atoms. The van der Waals surface area contributed by atoms with Crippen LogP contribution in [0, 0.1) is 18.2 Å². The Hall–Kier alpha value is -1.65. The summed E-state index contributed by atoms with van der Waals surface area (Å²) >= 11 is 4.26. The van der Waals surface area contributed by atoms with Crippen molar-refractivity contribution in [1.82, 2.24) is 9.78 Å². The molecule has 0 spiro atoms. The summed E-state index contributed by atoms with van der Waals surface area (Å²) in [6.07, 6.45) is 7.21. The van der Waals surface area contributed by atoms with Crippen molar-refractivity contribution < 1.29 is 9.13 Å². The highest BCUT2D eigenvalue weighted by Crippen LogP contribution is 2.40. The molecule has 0 saturated heterocycles. The van der Waals surface area contributed by atoms with E-state index in [2.05, 4.69) is 26.9 Å². The smallest absolute Gasteiger partial charge is 0.329 e. The molecule has 3 rings (SSSR count). The van der Waals surface area contributed by atoms with Crippen molar-refractivity contribution >= 4 is 27.3 Å². The molecule has 1 aromatic heterocycles. The molecule has 1 aliphatic carbocycles. The fourth-order valence-corrected chi connectivity index (χ4v) is 3.21. The molecular weight excluding hydrogens is 359 g/mol. The quantitative estimate of drug-likeness (QED) is 0.778. The Morgan fingerprint density at radius 1 is 1.57 bits per heavy atom. The lowest BCUT2D eigenvalue weighted by Crippen LogP contribution is -2.14. The van der Waals surface area contributed by atoms with Crippen LogP contribution in [0.5, 0.6) is 5.75 Å². The van der Waals surface area contributed by atoms with Crippen molar-refractivity contribution in [2.45, 2.75) is 18.8 Å². The Kier molecular flexibility index (Phi) is 3.83. The third-order valence-electron chi connectivity index (χ3n) is 3.03. The summed E-state index contributed by atoms with van der Waals surface area (Å²) in [5.41, 5.74) is 0.0679. The minimum absolute atomic E-state index is 0.0585. The maximum absolute atomic E-state index is 14.1. The van der Waals surface area contributed by atoms with Crippen molar-refractivity contribution in [2.75, 3.05) is 6.61 Å². The minimum Gasteiger partial charge on any atom is -0.480 e. The van der Waals surface area contributed by atoms with Crippen LogP contribution in [0.3, 0.4) is 0 Å². The summed E-state index contributed by atoms with van der Waals surface area (Å²) < 4.78 is 21.0. The number of hydrogen-bond donors (Lipinski definition) is 0. The van der Waals surface area contributed by atoms with Gasteiger partial charge in [-0.25, -0.2) is 4.39 Å². The van der Waals surface area contributed by atoms with E-state index in [1.165, 1.54) is 12.1 Å². The zero-order valence-electron chi connectivity index (χ0n) is 10.8. The van der Waals surface area contributed by atoms with E-state index in [-0.39, 0.29) is 17.2 Å². The Bertz CT molecular complexity index is 789. The van der Waals surface area contributed by atoms with Crippen molar-refractivity contribution in [3.63, 3.8) is 0 Å². The van der Waals surface area contributed by atoms with Gasteiger partial charge in [0.1, 0.15) is 28.9 Å². The highest BCUT2D eigenvalue weighted by Gasteiger charge is 2.28. The molecule has 0 N–H and O–H groups in total. The lowest BCUT2D eigenvalue weighted by Gasteiger charge is -2.09. The average Bonchev–Trinajstić information content (AvgIpc) is 3.22. The van der Waals surface area contributed by atoms with Gasteiger partial charge < -0.3 is 4.74 Å². The molecule has 1 heterocycles. The van der Waals surface area contributed by atoms with Crippen molar-refractivity contribution in [2.24, 2.45) is 0 Å². The van der Waals surface area contributed by atoms with E-state index in [0.29, 0.717) is 16.1 Å². The second kappa shape index (κ2) is 5.62. The van der Waals surface area contributed by atoms with Gasteiger partial charge in [-0.15, -0.1) is 6.42 Å². The molecule has 1 aliphatic rings. The van der Waals surface area contributed by atoms with Gasteiger partial charge in [-0.2, -0.15) is 9.78 Å². The fourth-order valence-electron chi connectivity index (χ4n) is 1.85. The number of terminal acetylenes is 1. The van der Waals surface area contributed by atoms with Gasteiger partial charge in [-0.3, -0.25) is 4.79 Å². The zero-order valence-corrected chi connectivity index (χ0v) is 13.2. The van der Waals surface area contributed by atoms with Crippen molar-refractivity contribution in [3.8, 4) is 23.8 Å². The number of aromatic nitrogens is 2. The first-order chi connectivity index (χ1) is 10.1. The minimum atomic E-state index is -0.551. The molecule has 7 heteroatoms. The van der Waals surface area contributed by atoms with Gasteiger partial charge >= 0.3 is 4.87 Å². The van der Waals surface area contributed by atoms with E-state index < -0.39 is 5.82 Å². The molecule has 1 aromatic carbocycles. The SMILES string of the molecule is C#CCOc1cc(-n2nc(C3CC3)sc2=O)c(F)cc1Br. The van der Waals surface area contributed by atoms with Crippen LogP contribution >= 0.6 is 27.3 Å². The van der Waals surface area contributed by atoms with Crippen LogP contribution in [0.25, 0.3) is 5.69 Å². The van der Waals surface area contributed by atoms with Gasteiger partial charge in [0, 0.05) is 12.0 Å². The summed E-state index contributed by atoms with van der Waals surface area (Å²) in [5, 5.41) is 4.98. The number of ether oxygens (including phenoxy) is 1. The average molecular weight is 369 g/mol. The summed E-state index contributed by atoms with van der Waals surface area (Å²) in [4.78, 5) is 11.7. The second-order valence-electron chi connectivity index (χ2n) is 4.62. The van der Waals surface area contributed by atoms with Gasteiger partial charge in [-0.1, -0.05) is 17.3 Å². The van der Waals surface area contributed by atoms with Crippen LogP contribution in [0.2, 0.25) is 0 Å². The third kappa shape index (κ3) is 2.87. The monoisotopic (exact) mass is 368 g/mol. The summed E-state index contributed by atoms with van der Waals surface area (Å²) in [6.45, 7) is 0.0585. The Morgan fingerprint density at radius 2 is 2.33 bits per heavy atom. The third-order valence-corrected chi connectivity index (χ3v) is 4.62. The Morgan fingerprint density at radius 3 is 3.00 bits per heavy atom. The van der Waals surface area contributed by atoms with Crippen molar-refractivity contribution in [3.05, 3.63) is 37.1 Å². The van der Waals surface area contributed by atoms with E-state index in [0.717, 1.165) is 33.9 Å². The molecule has 0 amide bonds. The molecule has 0 unspecified atom stereocenters. The molecule has 1 fully saturated rings. The highest BCUT2D eigenvalue weighted by atomic mass is 79.9. The maximum Gasteiger partial charge on any atom is 0.329 e. The predicted molar refractivity (Wildman–Crippen MR) is 81.7 cm³/mol. The van der Waals surface area contributed by atoms with Crippen LogP contribution in [-0.4, -0.2) is 16.4 Å². The van der Waals surface area contributed by atoms with Crippen LogP contribution in [0.15, 0.2) is 21.4 Å². The largest absolute Gasteiger partial charge is 0.480 e. The number of hydrogen-bond acceptors (Lipinski definition) is 4. The van der Waals surface area contributed by atoms with Gasteiger partial charge in [-0.05, 0) is 34.8 Å². The second-order valence-corrected chi connectivity index (χ2v) is 6.45. The highest BCUT2D eigenvalue weighted by molar-refractivity contribution is 9.10. The molecule has 4 nitrogen and oxygen atoms in total. The normalized spacial score (nSPS) is 14.0. The Balaban J connectivity index is 2.05. The Labute approximate surface area is 132 Å². The number of halogens is 2. The van der Waals surface area contributed by atoms with E-state index >= 15 is 0 Å². The van der Waals surface area contributed by atoms with E-state index in [9.17, 15) is 9.18 Å². The number of nitrogens with zero attached hydrogens (tertiary/aromatic N) is 2. The molecule has 0 radical (unpaired) electrons. The van der Waals surface area contributed by atoms with E-state index in [1.54, 1.807) is 0 Å². The number of benzene rings is 1. The van der Waals surface area contributed by atoms with Gasteiger partial charge in [0.25, 0.3) is 0 Å². The molecule has 1 saturated carbocycles. The summed E-state index contributed by atoms with van der Waals surface area (Å²) in [7, 11) is 0. The predicted octanol–water partition coefficient (Wildman–Crippen LogP) is 3.09. The van der Waals surface area contributed by atoms with Crippen LogP contribution in [0.4, 0.5) is 4.39 Å². The molecule has 21 heavy (non-hydrogen) atoms. The molecule has 2 aromatic rings. The lowest BCUT2D eigenvalue weighted by atomic mass is 10.3. The maximum atomic E-state index is 14.1. The first-order valence-corrected chi connectivity index (χ1v) is 7.87. The standard InChI is InChI=1S/C14H10BrFN2O2S/c1-2-5-20-12-7-11(10(16)6-9(12)15)18-14(19)21-13(17-18)8-3-4-8/h1,6-8H,3-5H2. The fraction of sp³-hybridized carbons (Fsp3) is 0.286. The first kappa shape index (κ1) is 14.3. The molecular formula is C14H10BrFN2O2S. The lowest BCUT2D eigenvalue weighted by molar-refractivity contribution is 0.367. The number of rotatable bonds is 4. The van der Waals surface area contributed by atoms with E-state index in [1.807, 2.05) is 0 Å². The molecule has 0 atom stereocenters. The van der Waals surface area contributed by atoms with Crippen LogP contribution in [-0.2, 0) is 0 Å². The first-order valence-electron chi connectivity index (χ1n) is 6.26.